The molecule has 2 aromatic carbocycles. The molecule has 0 aromatic heterocycles. The summed E-state index contributed by atoms with van der Waals surface area (Å²) < 4.78 is 5.28. The second kappa shape index (κ2) is 5.57. The van der Waals surface area contributed by atoms with Crippen molar-refractivity contribution >= 4 is 11.6 Å². The number of aryl methyl sites for hydroxylation is 1. The van der Waals surface area contributed by atoms with E-state index in [4.69, 9.17) is 4.74 Å². The van der Waals surface area contributed by atoms with Crippen LogP contribution in [0.25, 0.3) is 0 Å². The molecular formula is C16H17NO2. The molecule has 2 aromatic rings. The van der Waals surface area contributed by atoms with Crippen molar-refractivity contribution in [3.63, 3.8) is 0 Å². The van der Waals surface area contributed by atoms with E-state index in [0.29, 0.717) is 11.3 Å². The Morgan fingerprint density at radius 2 is 1.68 bits per heavy atom. The van der Waals surface area contributed by atoms with Crippen molar-refractivity contribution < 1.29 is 9.53 Å². The van der Waals surface area contributed by atoms with Crippen LogP contribution in [0, 0.1) is 6.92 Å². The fourth-order valence-electron chi connectivity index (χ4n) is 1.91. The van der Waals surface area contributed by atoms with Crippen molar-refractivity contribution in [2.45, 2.75) is 6.92 Å². The van der Waals surface area contributed by atoms with Crippen LogP contribution in [-0.4, -0.2) is 20.1 Å². The third-order valence-corrected chi connectivity index (χ3v) is 3.05. The van der Waals surface area contributed by atoms with E-state index in [2.05, 4.69) is 0 Å². The molecule has 3 nitrogen and oxygen atoms in total. The Morgan fingerprint density at radius 3 is 2.32 bits per heavy atom. The van der Waals surface area contributed by atoms with Gasteiger partial charge in [-0.2, -0.15) is 0 Å². The molecule has 98 valence electrons. The SMILES string of the molecule is COc1ccccc1N(C)C(=O)c1ccc(C)cc1. The number of ether oxygens (including phenoxy) is 1. The summed E-state index contributed by atoms with van der Waals surface area (Å²) in [5.74, 6) is 0.634. The molecule has 0 radical (unpaired) electrons. The Bertz CT molecular complexity index is 576. The summed E-state index contributed by atoms with van der Waals surface area (Å²) in [5.41, 5.74) is 2.56. The average molecular weight is 255 g/mol. The fraction of sp³-hybridized carbons (Fsp3) is 0.188. The summed E-state index contributed by atoms with van der Waals surface area (Å²) in [6, 6.07) is 15.0. The molecule has 0 saturated carbocycles. The quantitative estimate of drug-likeness (QED) is 0.842. The molecule has 0 spiro atoms. The highest BCUT2D eigenvalue weighted by atomic mass is 16.5. The van der Waals surface area contributed by atoms with Crippen molar-refractivity contribution in [2.75, 3.05) is 19.1 Å². The number of benzene rings is 2. The number of anilines is 1. The summed E-state index contributed by atoms with van der Waals surface area (Å²) in [4.78, 5) is 14.0. The zero-order valence-corrected chi connectivity index (χ0v) is 11.4. The van der Waals surface area contributed by atoms with Crippen molar-refractivity contribution in [1.82, 2.24) is 0 Å². The van der Waals surface area contributed by atoms with Crippen LogP contribution < -0.4 is 9.64 Å². The highest BCUT2D eigenvalue weighted by molar-refractivity contribution is 6.06. The lowest BCUT2D eigenvalue weighted by molar-refractivity contribution is 0.0992. The Balaban J connectivity index is 2.30. The highest BCUT2D eigenvalue weighted by Crippen LogP contribution is 2.27. The van der Waals surface area contributed by atoms with Gasteiger partial charge in [0.25, 0.3) is 5.91 Å². The second-order valence-electron chi connectivity index (χ2n) is 4.40. The Morgan fingerprint density at radius 1 is 1.05 bits per heavy atom. The fourth-order valence-corrected chi connectivity index (χ4v) is 1.91. The van der Waals surface area contributed by atoms with Gasteiger partial charge in [0, 0.05) is 12.6 Å². The van der Waals surface area contributed by atoms with Gasteiger partial charge in [-0.3, -0.25) is 4.79 Å². The molecule has 1 amide bonds. The van der Waals surface area contributed by atoms with E-state index in [-0.39, 0.29) is 5.91 Å². The highest BCUT2D eigenvalue weighted by Gasteiger charge is 2.16. The first-order chi connectivity index (χ1) is 9.13. The Hall–Kier alpha value is -2.29. The molecule has 0 aliphatic carbocycles. The smallest absolute Gasteiger partial charge is 0.258 e. The number of para-hydroxylation sites is 2. The van der Waals surface area contributed by atoms with Gasteiger partial charge in [0.1, 0.15) is 5.75 Å². The van der Waals surface area contributed by atoms with Crippen molar-refractivity contribution in [1.29, 1.82) is 0 Å². The number of amides is 1. The maximum absolute atomic E-state index is 12.4. The van der Waals surface area contributed by atoms with Crippen LogP contribution in [0.5, 0.6) is 5.75 Å². The van der Waals surface area contributed by atoms with Gasteiger partial charge in [-0.15, -0.1) is 0 Å². The second-order valence-corrected chi connectivity index (χ2v) is 4.40. The zero-order chi connectivity index (χ0) is 13.8. The number of carbonyl (C=O) groups is 1. The standard InChI is InChI=1S/C16H17NO2/c1-12-8-10-13(11-9-12)16(18)17(2)14-6-4-5-7-15(14)19-3/h4-11H,1-3H3. The molecule has 2 rings (SSSR count). The molecule has 0 aliphatic rings. The third-order valence-electron chi connectivity index (χ3n) is 3.05. The van der Waals surface area contributed by atoms with Crippen molar-refractivity contribution in [3.05, 3.63) is 59.7 Å². The number of methoxy groups -OCH3 is 1. The summed E-state index contributed by atoms with van der Waals surface area (Å²) >= 11 is 0. The molecule has 19 heavy (non-hydrogen) atoms. The van der Waals surface area contributed by atoms with E-state index in [1.807, 2.05) is 55.5 Å². The van der Waals surface area contributed by atoms with E-state index in [0.717, 1.165) is 11.3 Å². The van der Waals surface area contributed by atoms with Crippen LogP contribution in [-0.2, 0) is 0 Å². The van der Waals surface area contributed by atoms with Gasteiger partial charge in [-0.1, -0.05) is 29.8 Å². The van der Waals surface area contributed by atoms with Crippen LogP contribution in [0.4, 0.5) is 5.69 Å². The molecular weight excluding hydrogens is 238 g/mol. The topological polar surface area (TPSA) is 29.5 Å². The molecule has 0 aliphatic heterocycles. The first-order valence-electron chi connectivity index (χ1n) is 6.11. The largest absolute Gasteiger partial charge is 0.495 e. The number of hydrogen-bond donors (Lipinski definition) is 0. The number of nitrogens with zero attached hydrogens (tertiary/aromatic N) is 1. The predicted octanol–water partition coefficient (Wildman–Crippen LogP) is 3.28. The van der Waals surface area contributed by atoms with Gasteiger partial charge < -0.3 is 9.64 Å². The minimum atomic E-state index is -0.0514. The lowest BCUT2D eigenvalue weighted by Crippen LogP contribution is -2.26. The molecule has 0 unspecified atom stereocenters. The Labute approximate surface area is 113 Å². The van der Waals surface area contributed by atoms with Crippen LogP contribution in [0.15, 0.2) is 48.5 Å². The van der Waals surface area contributed by atoms with E-state index in [1.165, 1.54) is 0 Å². The monoisotopic (exact) mass is 255 g/mol. The van der Waals surface area contributed by atoms with Gasteiger partial charge in [-0.05, 0) is 31.2 Å². The summed E-state index contributed by atoms with van der Waals surface area (Å²) in [5, 5.41) is 0. The van der Waals surface area contributed by atoms with Crippen LogP contribution in [0.1, 0.15) is 15.9 Å². The van der Waals surface area contributed by atoms with Crippen molar-refractivity contribution in [2.24, 2.45) is 0 Å². The minimum absolute atomic E-state index is 0.0514. The van der Waals surface area contributed by atoms with Gasteiger partial charge >= 0.3 is 0 Å². The average Bonchev–Trinajstić information content (AvgIpc) is 2.46. The van der Waals surface area contributed by atoms with E-state index >= 15 is 0 Å². The predicted molar refractivity (Wildman–Crippen MR) is 76.9 cm³/mol. The molecule has 3 heteroatoms. The number of carbonyl (C=O) groups excluding carboxylic acids is 1. The summed E-state index contributed by atoms with van der Waals surface area (Å²) in [7, 11) is 3.35. The third kappa shape index (κ3) is 2.76. The number of rotatable bonds is 3. The Kier molecular flexibility index (Phi) is 3.85. The maximum atomic E-state index is 12.4. The van der Waals surface area contributed by atoms with E-state index in [1.54, 1.807) is 19.1 Å². The minimum Gasteiger partial charge on any atom is -0.495 e. The normalized spacial score (nSPS) is 10.1. The zero-order valence-electron chi connectivity index (χ0n) is 11.4. The van der Waals surface area contributed by atoms with Gasteiger partial charge in [0.15, 0.2) is 0 Å². The molecule has 0 heterocycles. The molecule has 0 atom stereocenters. The first-order valence-corrected chi connectivity index (χ1v) is 6.11. The summed E-state index contributed by atoms with van der Waals surface area (Å²) in [6.07, 6.45) is 0. The van der Waals surface area contributed by atoms with Crippen LogP contribution in [0.3, 0.4) is 0 Å². The number of hydrogen-bond acceptors (Lipinski definition) is 2. The molecule has 0 N–H and O–H groups in total. The summed E-state index contributed by atoms with van der Waals surface area (Å²) in [6.45, 7) is 2.00. The van der Waals surface area contributed by atoms with Crippen LogP contribution in [0.2, 0.25) is 0 Å². The maximum Gasteiger partial charge on any atom is 0.258 e. The molecule has 0 bridgehead atoms. The lowest BCUT2D eigenvalue weighted by Gasteiger charge is -2.20. The van der Waals surface area contributed by atoms with E-state index in [9.17, 15) is 4.79 Å². The first kappa shape index (κ1) is 13.1. The molecule has 0 fully saturated rings. The lowest BCUT2D eigenvalue weighted by atomic mass is 10.1. The van der Waals surface area contributed by atoms with E-state index < -0.39 is 0 Å². The van der Waals surface area contributed by atoms with Crippen LogP contribution >= 0.6 is 0 Å². The van der Waals surface area contributed by atoms with Gasteiger partial charge in [0.05, 0.1) is 12.8 Å². The van der Waals surface area contributed by atoms with Gasteiger partial charge in [-0.25, -0.2) is 0 Å². The van der Waals surface area contributed by atoms with Gasteiger partial charge in [0.2, 0.25) is 0 Å². The van der Waals surface area contributed by atoms with Crippen molar-refractivity contribution in [3.8, 4) is 5.75 Å². The molecule has 0 saturated heterocycles.